The van der Waals surface area contributed by atoms with Crippen LogP contribution in [0.15, 0.2) is 60.1 Å². The Morgan fingerprint density at radius 3 is 3.00 bits per heavy atom. The summed E-state index contributed by atoms with van der Waals surface area (Å²) in [5.41, 5.74) is 1.54. The standard InChI is InChI=1S/C15H14N4O2/c1-18(9-12-3-7-21-10-12)15(20)13-2-4-17-14(8-13)19-6-5-16-11-19/h2-8,10-11H,9H2,1H3. The highest BCUT2D eigenvalue weighted by molar-refractivity contribution is 5.94. The molecule has 1 amide bonds. The molecule has 0 aliphatic heterocycles. The molecule has 0 spiro atoms. The van der Waals surface area contributed by atoms with Crippen LogP contribution < -0.4 is 0 Å². The first-order chi connectivity index (χ1) is 10.2. The van der Waals surface area contributed by atoms with E-state index in [0.29, 0.717) is 17.9 Å². The van der Waals surface area contributed by atoms with E-state index in [2.05, 4.69) is 9.97 Å². The summed E-state index contributed by atoms with van der Waals surface area (Å²) in [5, 5.41) is 0. The monoisotopic (exact) mass is 282 g/mol. The maximum atomic E-state index is 12.4. The number of nitrogens with zero attached hydrogens (tertiary/aromatic N) is 4. The van der Waals surface area contributed by atoms with Gasteiger partial charge in [0, 0.05) is 43.3 Å². The highest BCUT2D eigenvalue weighted by Gasteiger charge is 2.13. The molecule has 0 aromatic carbocycles. The minimum atomic E-state index is -0.0695. The molecule has 3 rings (SSSR count). The van der Waals surface area contributed by atoms with E-state index < -0.39 is 0 Å². The molecule has 21 heavy (non-hydrogen) atoms. The number of hydrogen-bond acceptors (Lipinski definition) is 4. The van der Waals surface area contributed by atoms with Gasteiger partial charge in [0.05, 0.1) is 12.5 Å². The van der Waals surface area contributed by atoms with E-state index >= 15 is 0 Å². The van der Waals surface area contributed by atoms with Gasteiger partial charge in [-0.25, -0.2) is 9.97 Å². The number of furan rings is 1. The Balaban J connectivity index is 1.80. The van der Waals surface area contributed by atoms with Crippen molar-refractivity contribution >= 4 is 5.91 Å². The van der Waals surface area contributed by atoms with E-state index in [0.717, 1.165) is 5.56 Å². The van der Waals surface area contributed by atoms with Gasteiger partial charge in [-0.2, -0.15) is 0 Å². The lowest BCUT2D eigenvalue weighted by atomic mass is 10.2. The normalized spacial score (nSPS) is 10.5. The molecule has 6 nitrogen and oxygen atoms in total. The number of aromatic nitrogens is 3. The summed E-state index contributed by atoms with van der Waals surface area (Å²) >= 11 is 0. The fraction of sp³-hybridized carbons (Fsp3) is 0.133. The fourth-order valence-electron chi connectivity index (χ4n) is 2.04. The Morgan fingerprint density at radius 2 is 2.29 bits per heavy atom. The molecule has 0 unspecified atom stereocenters. The van der Waals surface area contributed by atoms with E-state index in [-0.39, 0.29) is 5.91 Å². The SMILES string of the molecule is CN(Cc1ccoc1)C(=O)c1ccnc(-n2ccnc2)c1. The van der Waals surface area contributed by atoms with Crippen LogP contribution in [0.3, 0.4) is 0 Å². The highest BCUT2D eigenvalue weighted by atomic mass is 16.3. The maximum Gasteiger partial charge on any atom is 0.254 e. The minimum absolute atomic E-state index is 0.0695. The average molecular weight is 282 g/mol. The second kappa shape index (κ2) is 5.62. The highest BCUT2D eigenvalue weighted by Crippen LogP contribution is 2.11. The molecule has 106 valence electrons. The van der Waals surface area contributed by atoms with Gasteiger partial charge < -0.3 is 9.32 Å². The Hall–Kier alpha value is -2.89. The Kier molecular flexibility index (Phi) is 3.51. The van der Waals surface area contributed by atoms with E-state index in [1.165, 1.54) is 0 Å². The molecular formula is C15H14N4O2. The second-order valence-electron chi connectivity index (χ2n) is 4.67. The lowest BCUT2D eigenvalue weighted by Gasteiger charge is -2.16. The van der Waals surface area contributed by atoms with Gasteiger partial charge in [-0.05, 0) is 18.2 Å². The van der Waals surface area contributed by atoms with Crippen LogP contribution in [-0.4, -0.2) is 32.4 Å². The summed E-state index contributed by atoms with van der Waals surface area (Å²) in [6.07, 6.45) is 9.94. The molecular weight excluding hydrogens is 268 g/mol. The zero-order chi connectivity index (χ0) is 14.7. The quantitative estimate of drug-likeness (QED) is 0.735. The third-order valence-corrected chi connectivity index (χ3v) is 3.11. The second-order valence-corrected chi connectivity index (χ2v) is 4.67. The van der Waals surface area contributed by atoms with Crippen LogP contribution in [-0.2, 0) is 6.54 Å². The topological polar surface area (TPSA) is 64.2 Å². The maximum absolute atomic E-state index is 12.4. The molecule has 0 aliphatic carbocycles. The summed E-state index contributed by atoms with van der Waals surface area (Å²) in [7, 11) is 1.76. The smallest absolute Gasteiger partial charge is 0.254 e. The van der Waals surface area contributed by atoms with Crippen molar-refractivity contribution in [1.29, 1.82) is 0 Å². The van der Waals surface area contributed by atoms with Gasteiger partial charge in [-0.1, -0.05) is 0 Å². The van der Waals surface area contributed by atoms with E-state index in [1.807, 2.05) is 6.07 Å². The van der Waals surface area contributed by atoms with Crippen molar-refractivity contribution in [2.24, 2.45) is 0 Å². The van der Waals surface area contributed by atoms with E-state index in [9.17, 15) is 4.79 Å². The number of carbonyl (C=O) groups excluding carboxylic acids is 1. The molecule has 0 N–H and O–H groups in total. The Labute approximate surface area is 121 Å². The van der Waals surface area contributed by atoms with Crippen molar-refractivity contribution in [3.05, 3.63) is 66.8 Å². The number of hydrogen-bond donors (Lipinski definition) is 0. The van der Waals surface area contributed by atoms with Gasteiger partial charge in [-0.15, -0.1) is 0 Å². The lowest BCUT2D eigenvalue weighted by molar-refractivity contribution is 0.0785. The molecule has 0 aliphatic rings. The first-order valence-corrected chi connectivity index (χ1v) is 6.45. The fourth-order valence-corrected chi connectivity index (χ4v) is 2.04. The molecule has 3 aromatic rings. The lowest BCUT2D eigenvalue weighted by Crippen LogP contribution is -2.26. The van der Waals surface area contributed by atoms with Crippen molar-refractivity contribution in [3.8, 4) is 5.82 Å². The van der Waals surface area contributed by atoms with Crippen molar-refractivity contribution in [2.75, 3.05) is 7.05 Å². The summed E-state index contributed by atoms with van der Waals surface area (Å²) in [4.78, 5) is 22.3. The predicted molar refractivity (Wildman–Crippen MR) is 75.9 cm³/mol. The van der Waals surface area contributed by atoms with Crippen LogP contribution in [0.4, 0.5) is 0 Å². The number of rotatable bonds is 4. The Morgan fingerprint density at radius 1 is 1.38 bits per heavy atom. The molecule has 0 fully saturated rings. The van der Waals surface area contributed by atoms with Gasteiger partial charge in [0.15, 0.2) is 0 Å². The van der Waals surface area contributed by atoms with Gasteiger partial charge >= 0.3 is 0 Å². The van der Waals surface area contributed by atoms with Crippen molar-refractivity contribution in [2.45, 2.75) is 6.54 Å². The number of imidazole rings is 1. The molecule has 3 aromatic heterocycles. The summed E-state index contributed by atoms with van der Waals surface area (Å²) in [5.74, 6) is 0.593. The largest absolute Gasteiger partial charge is 0.472 e. The van der Waals surface area contributed by atoms with Gasteiger partial charge in [-0.3, -0.25) is 9.36 Å². The van der Waals surface area contributed by atoms with Crippen LogP contribution in [0.1, 0.15) is 15.9 Å². The molecule has 0 radical (unpaired) electrons. The van der Waals surface area contributed by atoms with Crippen molar-refractivity contribution in [1.82, 2.24) is 19.4 Å². The molecule has 6 heteroatoms. The summed E-state index contributed by atoms with van der Waals surface area (Å²) < 4.78 is 6.77. The summed E-state index contributed by atoms with van der Waals surface area (Å²) in [6.45, 7) is 0.498. The first-order valence-electron chi connectivity index (χ1n) is 6.45. The van der Waals surface area contributed by atoms with E-state index in [4.69, 9.17) is 4.42 Å². The zero-order valence-electron chi connectivity index (χ0n) is 11.5. The minimum Gasteiger partial charge on any atom is -0.472 e. The zero-order valence-corrected chi connectivity index (χ0v) is 11.5. The average Bonchev–Trinajstić information content (AvgIpc) is 3.20. The van der Waals surface area contributed by atoms with Crippen molar-refractivity contribution < 1.29 is 9.21 Å². The van der Waals surface area contributed by atoms with Gasteiger partial charge in [0.1, 0.15) is 12.1 Å². The van der Waals surface area contributed by atoms with Crippen LogP contribution in [0.5, 0.6) is 0 Å². The molecule has 0 saturated carbocycles. The van der Waals surface area contributed by atoms with Crippen LogP contribution >= 0.6 is 0 Å². The molecule has 0 saturated heterocycles. The third kappa shape index (κ3) is 2.84. The predicted octanol–water partition coefficient (Wildman–Crippen LogP) is 2.13. The van der Waals surface area contributed by atoms with Gasteiger partial charge in [0.25, 0.3) is 5.91 Å². The number of pyridine rings is 1. The molecule has 3 heterocycles. The first kappa shape index (κ1) is 13.1. The van der Waals surface area contributed by atoms with E-state index in [1.54, 1.807) is 66.1 Å². The number of carbonyl (C=O) groups is 1. The third-order valence-electron chi connectivity index (χ3n) is 3.11. The van der Waals surface area contributed by atoms with Crippen LogP contribution in [0.2, 0.25) is 0 Å². The summed E-state index contributed by atoms with van der Waals surface area (Å²) in [6, 6.07) is 5.29. The number of amides is 1. The van der Waals surface area contributed by atoms with Crippen molar-refractivity contribution in [3.63, 3.8) is 0 Å². The molecule has 0 bridgehead atoms. The van der Waals surface area contributed by atoms with Gasteiger partial charge in [0.2, 0.25) is 0 Å². The van der Waals surface area contributed by atoms with Crippen LogP contribution in [0.25, 0.3) is 5.82 Å². The molecule has 0 atom stereocenters. The Bertz CT molecular complexity index is 720. The van der Waals surface area contributed by atoms with Crippen LogP contribution in [0, 0.1) is 0 Å².